The van der Waals surface area contributed by atoms with Gasteiger partial charge in [-0.15, -0.1) is 0 Å². The van der Waals surface area contributed by atoms with E-state index >= 15 is 0 Å². The molecule has 1 N–H and O–H groups in total. The summed E-state index contributed by atoms with van der Waals surface area (Å²) in [5, 5.41) is 3.14. The number of allylic oxidation sites excluding steroid dienone is 1. The molecule has 3 rings (SSSR count). The van der Waals surface area contributed by atoms with E-state index in [0.717, 1.165) is 31.2 Å². The largest absolute Gasteiger partial charge is 0.356 e. The molecule has 19 heavy (non-hydrogen) atoms. The third-order valence-corrected chi connectivity index (χ3v) is 5.49. The van der Waals surface area contributed by atoms with Crippen LogP contribution in [0.1, 0.15) is 64.2 Å². The SMILES string of the molecule is O=C(C[C@@H]1C[C@H]2CC[C@H]1C2)NCCC1=CCCCC1. The van der Waals surface area contributed by atoms with E-state index in [0.29, 0.717) is 11.8 Å². The van der Waals surface area contributed by atoms with Gasteiger partial charge in [-0.25, -0.2) is 0 Å². The number of hydrogen-bond donors (Lipinski definition) is 1. The Morgan fingerprint density at radius 3 is 2.89 bits per heavy atom. The molecule has 0 aliphatic heterocycles. The summed E-state index contributed by atoms with van der Waals surface area (Å²) in [7, 11) is 0. The van der Waals surface area contributed by atoms with Crippen molar-refractivity contribution in [1.29, 1.82) is 0 Å². The minimum absolute atomic E-state index is 0.300. The first-order valence-electron chi connectivity index (χ1n) is 8.26. The van der Waals surface area contributed by atoms with E-state index in [1.165, 1.54) is 51.4 Å². The number of carbonyl (C=O) groups is 1. The number of carbonyl (C=O) groups excluding carboxylic acids is 1. The summed E-state index contributed by atoms with van der Waals surface area (Å²) in [6.45, 7) is 0.853. The summed E-state index contributed by atoms with van der Waals surface area (Å²) in [6.07, 6.45) is 15.0. The molecule has 2 fully saturated rings. The van der Waals surface area contributed by atoms with Crippen molar-refractivity contribution in [1.82, 2.24) is 5.32 Å². The number of nitrogens with one attached hydrogen (secondary N) is 1. The van der Waals surface area contributed by atoms with Crippen LogP contribution in [0.5, 0.6) is 0 Å². The molecule has 1 amide bonds. The molecule has 106 valence electrons. The highest BCUT2D eigenvalue weighted by atomic mass is 16.1. The maximum Gasteiger partial charge on any atom is 0.220 e. The number of amides is 1. The quantitative estimate of drug-likeness (QED) is 0.749. The average Bonchev–Trinajstić information content (AvgIpc) is 3.02. The number of fused-ring (bicyclic) bond motifs is 2. The molecule has 2 nitrogen and oxygen atoms in total. The van der Waals surface area contributed by atoms with Crippen molar-refractivity contribution in [2.75, 3.05) is 6.54 Å². The van der Waals surface area contributed by atoms with Crippen molar-refractivity contribution in [3.63, 3.8) is 0 Å². The molecule has 2 bridgehead atoms. The zero-order valence-corrected chi connectivity index (χ0v) is 12.0. The number of hydrogen-bond acceptors (Lipinski definition) is 1. The van der Waals surface area contributed by atoms with Crippen LogP contribution in [-0.2, 0) is 4.79 Å². The minimum Gasteiger partial charge on any atom is -0.356 e. The lowest BCUT2D eigenvalue weighted by Crippen LogP contribution is -2.28. The van der Waals surface area contributed by atoms with Crippen LogP contribution >= 0.6 is 0 Å². The van der Waals surface area contributed by atoms with Crippen LogP contribution in [0.25, 0.3) is 0 Å². The van der Waals surface area contributed by atoms with Gasteiger partial charge in [-0.05, 0) is 69.1 Å². The van der Waals surface area contributed by atoms with Gasteiger partial charge in [0.1, 0.15) is 0 Å². The van der Waals surface area contributed by atoms with Crippen LogP contribution < -0.4 is 5.32 Å². The minimum atomic E-state index is 0.300. The molecule has 2 heteroatoms. The first-order chi connectivity index (χ1) is 9.31. The second-order valence-electron chi connectivity index (χ2n) is 6.85. The maximum absolute atomic E-state index is 12.0. The van der Waals surface area contributed by atoms with Gasteiger partial charge in [-0.1, -0.05) is 18.1 Å². The molecule has 0 saturated heterocycles. The first-order valence-corrected chi connectivity index (χ1v) is 8.26. The van der Waals surface area contributed by atoms with Crippen LogP contribution in [0.15, 0.2) is 11.6 Å². The Morgan fingerprint density at radius 1 is 1.26 bits per heavy atom. The summed E-state index contributed by atoms with van der Waals surface area (Å²) < 4.78 is 0. The van der Waals surface area contributed by atoms with Gasteiger partial charge in [0.2, 0.25) is 5.91 Å². The van der Waals surface area contributed by atoms with Crippen LogP contribution in [0.3, 0.4) is 0 Å². The third kappa shape index (κ3) is 3.40. The van der Waals surface area contributed by atoms with Gasteiger partial charge in [0.05, 0.1) is 0 Å². The predicted molar refractivity (Wildman–Crippen MR) is 77.7 cm³/mol. The van der Waals surface area contributed by atoms with Gasteiger partial charge < -0.3 is 5.32 Å². The molecule has 2 saturated carbocycles. The highest BCUT2D eigenvalue weighted by Crippen LogP contribution is 2.49. The lowest BCUT2D eigenvalue weighted by molar-refractivity contribution is -0.122. The molecule has 3 aliphatic carbocycles. The van der Waals surface area contributed by atoms with E-state index in [4.69, 9.17) is 0 Å². The van der Waals surface area contributed by atoms with Crippen LogP contribution in [-0.4, -0.2) is 12.5 Å². The molecule has 3 atom stereocenters. The highest BCUT2D eigenvalue weighted by molar-refractivity contribution is 5.76. The van der Waals surface area contributed by atoms with Gasteiger partial charge in [-0.2, -0.15) is 0 Å². The van der Waals surface area contributed by atoms with Crippen molar-refractivity contribution in [3.8, 4) is 0 Å². The Bertz CT molecular complexity index is 360. The molecule has 3 aliphatic rings. The van der Waals surface area contributed by atoms with E-state index in [-0.39, 0.29) is 0 Å². The van der Waals surface area contributed by atoms with E-state index < -0.39 is 0 Å². The highest BCUT2D eigenvalue weighted by Gasteiger charge is 2.39. The molecule has 0 unspecified atom stereocenters. The van der Waals surface area contributed by atoms with E-state index in [9.17, 15) is 4.79 Å². The van der Waals surface area contributed by atoms with E-state index in [2.05, 4.69) is 11.4 Å². The Hall–Kier alpha value is -0.790. The standard InChI is InChI=1S/C17H27NO/c19-17(12-16-11-14-6-7-15(16)10-14)18-9-8-13-4-2-1-3-5-13/h4,14-16H,1-3,5-12H2,(H,18,19)/t14-,15-,16-/m0/s1. The van der Waals surface area contributed by atoms with Crippen molar-refractivity contribution >= 4 is 5.91 Å². The molecule has 0 aromatic heterocycles. The summed E-state index contributed by atoms with van der Waals surface area (Å²) in [4.78, 5) is 12.0. The monoisotopic (exact) mass is 261 g/mol. The zero-order valence-electron chi connectivity index (χ0n) is 12.0. The van der Waals surface area contributed by atoms with Crippen molar-refractivity contribution in [2.45, 2.75) is 64.2 Å². The van der Waals surface area contributed by atoms with Crippen molar-refractivity contribution in [3.05, 3.63) is 11.6 Å². The van der Waals surface area contributed by atoms with Gasteiger partial charge in [0, 0.05) is 13.0 Å². The van der Waals surface area contributed by atoms with Gasteiger partial charge in [0.25, 0.3) is 0 Å². The molecule has 0 aromatic carbocycles. The summed E-state index contributed by atoms with van der Waals surface area (Å²) >= 11 is 0. The fourth-order valence-corrected chi connectivity index (χ4v) is 4.43. The second kappa shape index (κ2) is 6.11. The molecule has 0 radical (unpaired) electrons. The van der Waals surface area contributed by atoms with Gasteiger partial charge >= 0.3 is 0 Å². The third-order valence-electron chi connectivity index (χ3n) is 5.49. The average molecular weight is 261 g/mol. The Balaban J connectivity index is 1.34. The van der Waals surface area contributed by atoms with Crippen LogP contribution in [0.4, 0.5) is 0 Å². The van der Waals surface area contributed by atoms with Crippen LogP contribution in [0, 0.1) is 17.8 Å². The molecule has 0 aromatic rings. The number of rotatable bonds is 5. The lowest BCUT2D eigenvalue weighted by Gasteiger charge is -2.21. The molecule has 0 spiro atoms. The molecular weight excluding hydrogens is 234 g/mol. The summed E-state index contributed by atoms with van der Waals surface area (Å²) in [6, 6.07) is 0. The van der Waals surface area contributed by atoms with Crippen LogP contribution in [0.2, 0.25) is 0 Å². The Kier molecular flexibility index (Phi) is 4.24. The Labute approximate surface area is 117 Å². The van der Waals surface area contributed by atoms with Gasteiger partial charge in [0.15, 0.2) is 0 Å². The zero-order chi connectivity index (χ0) is 13.1. The summed E-state index contributed by atoms with van der Waals surface area (Å²) in [5.74, 6) is 2.83. The topological polar surface area (TPSA) is 29.1 Å². The van der Waals surface area contributed by atoms with Gasteiger partial charge in [-0.3, -0.25) is 4.79 Å². The predicted octanol–water partition coefficient (Wildman–Crippen LogP) is 3.82. The Morgan fingerprint density at radius 2 is 2.21 bits per heavy atom. The smallest absolute Gasteiger partial charge is 0.220 e. The lowest BCUT2D eigenvalue weighted by atomic mass is 9.86. The normalized spacial score (nSPS) is 33.3. The maximum atomic E-state index is 12.0. The van der Waals surface area contributed by atoms with Crippen molar-refractivity contribution < 1.29 is 4.79 Å². The fourth-order valence-electron chi connectivity index (χ4n) is 4.43. The van der Waals surface area contributed by atoms with Crippen molar-refractivity contribution in [2.24, 2.45) is 17.8 Å². The molecular formula is C17H27NO. The fraction of sp³-hybridized carbons (Fsp3) is 0.824. The van der Waals surface area contributed by atoms with E-state index in [1.807, 2.05) is 0 Å². The van der Waals surface area contributed by atoms with E-state index in [1.54, 1.807) is 5.57 Å². The summed E-state index contributed by atoms with van der Waals surface area (Å²) in [5.41, 5.74) is 1.56. The molecule has 0 heterocycles. The second-order valence-corrected chi connectivity index (χ2v) is 6.85. The first kappa shape index (κ1) is 13.2.